The van der Waals surface area contributed by atoms with Gasteiger partial charge < -0.3 is 4.74 Å². The predicted molar refractivity (Wildman–Crippen MR) is 106 cm³/mol. The fourth-order valence-electron chi connectivity index (χ4n) is 3.63. The van der Waals surface area contributed by atoms with E-state index < -0.39 is 18.1 Å². The Morgan fingerprint density at radius 1 is 1.00 bits per heavy atom. The van der Waals surface area contributed by atoms with Crippen molar-refractivity contribution in [3.63, 3.8) is 0 Å². The molecule has 4 rings (SSSR count). The molecule has 0 atom stereocenters. The molecule has 0 radical (unpaired) electrons. The van der Waals surface area contributed by atoms with Crippen molar-refractivity contribution in [3.8, 4) is 11.7 Å². The first kappa shape index (κ1) is 21.3. The maximum Gasteiger partial charge on any atom is 0.320 e. The van der Waals surface area contributed by atoms with Gasteiger partial charge >= 0.3 is 6.01 Å². The minimum Gasteiger partial charge on any atom is -0.463 e. The quantitative estimate of drug-likeness (QED) is 0.503. The van der Waals surface area contributed by atoms with Crippen LogP contribution in [0.2, 0.25) is 0 Å². The number of hydrogen-bond acceptors (Lipinski definition) is 4. The first-order valence-corrected chi connectivity index (χ1v) is 10.1. The van der Waals surface area contributed by atoms with E-state index in [2.05, 4.69) is 15.0 Å². The van der Waals surface area contributed by atoms with Gasteiger partial charge in [0.15, 0.2) is 0 Å². The van der Waals surface area contributed by atoms with Gasteiger partial charge in [-0.25, -0.2) is 17.6 Å². The highest BCUT2D eigenvalue weighted by Gasteiger charge is 2.24. The van der Waals surface area contributed by atoms with Crippen LogP contribution in [-0.2, 0) is 6.54 Å². The zero-order valence-electron chi connectivity index (χ0n) is 16.7. The summed E-state index contributed by atoms with van der Waals surface area (Å²) in [5.74, 6) is -1.34. The molecule has 2 heterocycles. The van der Waals surface area contributed by atoms with Crippen LogP contribution in [0.25, 0.3) is 5.69 Å². The Morgan fingerprint density at radius 2 is 1.71 bits per heavy atom. The second-order valence-corrected chi connectivity index (χ2v) is 7.57. The lowest BCUT2D eigenvalue weighted by Gasteiger charge is -2.31. The Balaban J connectivity index is 1.36. The van der Waals surface area contributed by atoms with Crippen LogP contribution < -0.4 is 4.74 Å². The van der Waals surface area contributed by atoms with Gasteiger partial charge in [-0.2, -0.15) is 9.67 Å². The topological polar surface area (TPSA) is 43.2 Å². The van der Waals surface area contributed by atoms with E-state index in [-0.39, 0.29) is 30.0 Å². The summed E-state index contributed by atoms with van der Waals surface area (Å²) < 4.78 is 60.1. The number of benzene rings is 2. The monoisotopic (exact) mass is 434 g/mol. The number of piperidine rings is 1. The maximum atomic E-state index is 14.1. The molecule has 0 N–H and O–H groups in total. The minimum absolute atomic E-state index is 0.00557. The number of likely N-dealkylation sites (tertiary alicyclic amines) is 1. The van der Waals surface area contributed by atoms with Gasteiger partial charge in [-0.15, -0.1) is 5.10 Å². The highest BCUT2D eigenvalue weighted by molar-refractivity contribution is 5.34. The number of alkyl halides is 2. The van der Waals surface area contributed by atoms with Gasteiger partial charge in [0.05, 0.1) is 6.61 Å². The number of hydrogen-bond donors (Lipinski definition) is 0. The normalized spacial score (nSPS) is 15.5. The van der Waals surface area contributed by atoms with Crippen molar-refractivity contribution in [2.45, 2.75) is 25.8 Å². The van der Waals surface area contributed by atoms with Gasteiger partial charge in [0.1, 0.15) is 17.3 Å². The third kappa shape index (κ3) is 5.22. The van der Waals surface area contributed by atoms with Gasteiger partial charge in [-0.3, -0.25) is 4.90 Å². The Hall–Kier alpha value is -2.94. The van der Waals surface area contributed by atoms with Gasteiger partial charge in [0, 0.05) is 6.54 Å². The number of ether oxygens (including phenoxy) is 1. The number of rotatable bonds is 7. The summed E-state index contributed by atoms with van der Waals surface area (Å²) in [6.45, 7) is 2.70. The molecule has 5 nitrogen and oxygen atoms in total. The molecule has 9 heteroatoms. The Kier molecular flexibility index (Phi) is 6.50. The summed E-state index contributed by atoms with van der Waals surface area (Å²) >= 11 is 0. The van der Waals surface area contributed by atoms with Crippen LogP contribution in [0.3, 0.4) is 0 Å². The third-order valence-corrected chi connectivity index (χ3v) is 5.34. The Bertz CT molecular complexity index is 1000. The van der Waals surface area contributed by atoms with Gasteiger partial charge in [-0.1, -0.05) is 24.3 Å². The molecule has 0 amide bonds. The van der Waals surface area contributed by atoms with Crippen LogP contribution in [0.5, 0.6) is 6.01 Å². The molecule has 0 saturated carbocycles. The summed E-state index contributed by atoms with van der Waals surface area (Å²) in [6.07, 6.45) is -1.17. The van der Waals surface area contributed by atoms with E-state index >= 15 is 0 Å². The van der Waals surface area contributed by atoms with E-state index in [0.29, 0.717) is 0 Å². The summed E-state index contributed by atoms with van der Waals surface area (Å²) in [6, 6.07) is 12.1. The summed E-state index contributed by atoms with van der Waals surface area (Å²) in [7, 11) is 0. The van der Waals surface area contributed by atoms with Gasteiger partial charge in [0.25, 0.3) is 6.43 Å². The highest BCUT2D eigenvalue weighted by Crippen LogP contribution is 2.25. The smallest absolute Gasteiger partial charge is 0.320 e. The molecule has 164 valence electrons. The lowest BCUT2D eigenvalue weighted by molar-refractivity contribution is 0.129. The Labute approximate surface area is 177 Å². The van der Waals surface area contributed by atoms with Gasteiger partial charge in [-0.05, 0) is 61.7 Å². The van der Waals surface area contributed by atoms with Gasteiger partial charge in [0.2, 0.25) is 5.82 Å². The Morgan fingerprint density at radius 3 is 2.39 bits per heavy atom. The highest BCUT2D eigenvalue weighted by atomic mass is 19.3. The average molecular weight is 434 g/mol. The lowest BCUT2D eigenvalue weighted by Crippen LogP contribution is -2.35. The van der Waals surface area contributed by atoms with E-state index in [9.17, 15) is 17.6 Å². The van der Waals surface area contributed by atoms with Crippen molar-refractivity contribution >= 4 is 0 Å². The SMILES string of the molecule is Fc1ccc(CN2CCC(COc3nc(C(F)F)nn3-c3ccccc3F)CC2)cc1. The standard InChI is InChI=1S/C22H22F4N4O/c23-17-7-5-15(6-8-17)13-29-11-9-16(10-12-29)14-31-22-27-21(20(25)26)28-30(22)19-4-2-1-3-18(19)24/h1-8,16,20H,9-14H2. The number of halogens is 4. The van der Waals surface area contributed by atoms with Crippen LogP contribution in [-0.4, -0.2) is 39.4 Å². The minimum atomic E-state index is -2.88. The molecule has 0 unspecified atom stereocenters. The average Bonchev–Trinajstić information content (AvgIpc) is 3.20. The molecule has 31 heavy (non-hydrogen) atoms. The molecular formula is C22H22F4N4O. The fourth-order valence-corrected chi connectivity index (χ4v) is 3.63. The number of para-hydroxylation sites is 1. The van der Waals surface area contributed by atoms with E-state index in [0.717, 1.165) is 42.7 Å². The molecule has 0 aliphatic carbocycles. The molecule has 1 aliphatic rings. The van der Waals surface area contributed by atoms with Crippen molar-refractivity contribution < 1.29 is 22.3 Å². The summed E-state index contributed by atoms with van der Waals surface area (Å²) in [5.41, 5.74) is 1.06. The third-order valence-electron chi connectivity index (χ3n) is 5.34. The van der Waals surface area contributed by atoms with Crippen LogP contribution in [0, 0.1) is 17.6 Å². The van der Waals surface area contributed by atoms with E-state index in [4.69, 9.17) is 4.74 Å². The van der Waals surface area contributed by atoms with Crippen molar-refractivity contribution in [3.05, 3.63) is 71.6 Å². The van der Waals surface area contributed by atoms with Crippen LogP contribution in [0.4, 0.5) is 17.6 Å². The molecule has 1 fully saturated rings. The van der Waals surface area contributed by atoms with E-state index in [1.807, 2.05) is 0 Å². The van der Waals surface area contributed by atoms with Crippen molar-refractivity contribution in [1.82, 2.24) is 19.7 Å². The van der Waals surface area contributed by atoms with Crippen LogP contribution >= 0.6 is 0 Å². The number of aromatic nitrogens is 3. The fraction of sp³-hybridized carbons (Fsp3) is 0.364. The zero-order valence-corrected chi connectivity index (χ0v) is 16.7. The first-order valence-electron chi connectivity index (χ1n) is 10.1. The first-order chi connectivity index (χ1) is 15.0. The van der Waals surface area contributed by atoms with Crippen LogP contribution in [0.15, 0.2) is 48.5 Å². The van der Waals surface area contributed by atoms with E-state index in [1.165, 1.54) is 30.3 Å². The molecule has 1 aliphatic heterocycles. The summed E-state index contributed by atoms with van der Waals surface area (Å²) in [4.78, 5) is 6.04. The predicted octanol–water partition coefficient (Wildman–Crippen LogP) is 4.77. The molecule has 1 aromatic heterocycles. The molecule has 0 bridgehead atoms. The second-order valence-electron chi connectivity index (χ2n) is 7.57. The van der Waals surface area contributed by atoms with E-state index in [1.54, 1.807) is 18.2 Å². The molecule has 2 aromatic carbocycles. The molecule has 1 saturated heterocycles. The van der Waals surface area contributed by atoms with Crippen molar-refractivity contribution in [2.24, 2.45) is 5.92 Å². The summed E-state index contributed by atoms with van der Waals surface area (Å²) in [5, 5.41) is 3.73. The molecule has 0 spiro atoms. The van der Waals surface area contributed by atoms with Crippen molar-refractivity contribution in [1.29, 1.82) is 0 Å². The lowest BCUT2D eigenvalue weighted by atomic mass is 9.97. The second kappa shape index (κ2) is 9.47. The maximum absolute atomic E-state index is 14.1. The van der Waals surface area contributed by atoms with Crippen LogP contribution in [0.1, 0.15) is 30.7 Å². The van der Waals surface area contributed by atoms with Crippen molar-refractivity contribution in [2.75, 3.05) is 19.7 Å². The molecular weight excluding hydrogens is 412 g/mol. The molecule has 3 aromatic rings. The largest absolute Gasteiger partial charge is 0.463 e. The zero-order chi connectivity index (χ0) is 21.8. The number of nitrogens with zero attached hydrogens (tertiary/aromatic N) is 4.